The Hall–Kier alpha value is -0.410. The topological polar surface area (TPSA) is 57.5 Å². The van der Waals surface area contributed by atoms with Crippen molar-refractivity contribution in [2.75, 3.05) is 13.2 Å². The lowest BCUT2D eigenvalue weighted by molar-refractivity contribution is -0.117. The van der Waals surface area contributed by atoms with Gasteiger partial charge >= 0.3 is 0 Å². The van der Waals surface area contributed by atoms with Crippen molar-refractivity contribution >= 4 is 5.78 Å². The number of hydrogen-bond acceptors (Lipinski definition) is 3. The van der Waals surface area contributed by atoms with Crippen molar-refractivity contribution in [2.45, 2.75) is 59.8 Å². The molecule has 0 aromatic carbocycles. The molecule has 0 aliphatic carbocycles. The van der Waals surface area contributed by atoms with E-state index in [1.54, 1.807) is 6.92 Å². The van der Waals surface area contributed by atoms with Crippen molar-refractivity contribution in [3.05, 3.63) is 0 Å². The third-order valence-corrected chi connectivity index (χ3v) is 1.34. The average molecular weight is 220 g/mol. The van der Waals surface area contributed by atoms with Crippen LogP contribution in [0.5, 0.6) is 0 Å². The van der Waals surface area contributed by atoms with E-state index in [0.717, 1.165) is 32.1 Å². The molecule has 0 heterocycles. The molecule has 0 amide bonds. The molecule has 0 rings (SSSR count). The van der Waals surface area contributed by atoms with E-state index in [4.69, 9.17) is 10.2 Å². The molecule has 0 bridgehead atoms. The fourth-order valence-electron chi connectivity index (χ4n) is 0.510. The molecule has 15 heavy (non-hydrogen) atoms. The fourth-order valence-corrected chi connectivity index (χ4v) is 0.510. The number of unbranched alkanes of at least 4 members (excludes halogenated alkanes) is 1. The average Bonchev–Trinajstić information content (AvgIpc) is 2.20. The van der Waals surface area contributed by atoms with Gasteiger partial charge in [0.1, 0.15) is 5.78 Å². The molecule has 0 fully saturated rings. The SMILES string of the molecule is CCCC(C)=O.CCCCO.CCCO. The van der Waals surface area contributed by atoms with Gasteiger partial charge in [0.2, 0.25) is 0 Å². The summed E-state index contributed by atoms with van der Waals surface area (Å²) in [6, 6.07) is 0. The first kappa shape index (κ1) is 20.1. The van der Waals surface area contributed by atoms with Crippen LogP contribution in [-0.2, 0) is 4.79 Å². The van der Waals surface area contributed by atoms with Crippen LogP contribution in [0, 0.1) is 0 Å². The smallest absolute Gasteiger partial charge is 0.129 e. The molecule has 0 radical (unpaired) electrons. The Balaban J connectivity index is -0.000000147. The Kier molecular flexibility index (Phi) is 31.3. The lowest BCUT2D eigenvalue weighted by Crippen LogP contribution is -1.84. The molecular weight excluding hydrogens is 192 g/mol. The van der Waals surface area contributed by atoms with Crippen LogP contribution in [0.2, 0.25) is 0 Å². The van der Waals surface area contributed by atoms with E-state index in [-0.39, 0.29) is 5.78 Å². The molecule has 0 unspecified atom stereocenters. The Labute approximate surface area is 94.5 Å². The second kappa shape index (κ2) is 23.4. The summed E-state index contributed by atoms with van der Waals surface area (Å²) in [6.45, 7) is 8.26. The van der Waals surface area contributed by atoms with Crippen LogP contribution in [0.15, 0.2) is 0 Å². The van der Waals surface area contributed by atoms with E-state index in [2.05, 4.69) is 6.92 Å². The minimum atomic E-state index is 0.289. The predicted octanol–water partition coefficient (Wildman–Crippen LogP) is 2.54. The highest BCUT2D eigenvalue weighted by Crippen LogP contribution is 1.84. The number of rotatable bonds is 5. The lowest BCUT2D eigenvalue weighted by atomic mass is 10.3. The van der Waals surface area contributed by atoms with Crippen LogP contribution in [-0.4, -0.2) is 29.2 Å². The molecule has 0 aromatic rings. The number of aliphatic hydroxyl groups excluding tert-OH is 2. The summed E-state index contributed by atoms with van der Waals surface area (Å²) in [6.07, 6.45) is 4.63. The maximum absolute atomic E-state index is 10.0. The number of aliphatic hydroxyl groups is 2. The molecule has 0 aromatic heterocycles. The third kappa shape index (κ3) is 58.4. The molecule has 0 saturated carbocycles. The molecular formula is C12H28O3. The minimum absolute atomic E-state index is 0.289. The molecule has 0 aliphatic rings. The van der Waals surface area contributed by atoms with E-state index < -0.39 is 0 Å². The van der Waals surface area contributed by atoms with Gasteiger partial charge in [-0.15, -0.1) is 0 Å². The quantitative estimate of drug-likeness (QED) is 0.748. The van der Waals surface area contributed by atoms with Crippen molar-refractivity contribution in [1.82, 2.24) is 0 Å². The van der Waals surface area contributed by atoms with Crippen LogP contribution < -0.4 is 0 Å². The summed E-state index contributed by atoms with van der Waals surface area (Å²) in [7, 11) is 0. The van der Waals surface area contributed by atoms with Crippen LogP contribution in [0.4, 0.5) is 0 Å². The van der Waals surface area contributed by atoms with Crippen LogP contribution in [0.25, 0.3) is 0 Å². The van der Waals surface area contributed by atoms with Gasteiger partial charge in [0.05, 0.1) is 0 Å². The minimum Gasteiger partial charge on any atom is -0.396 e. The van der Waals surface area contributed by atoms with Gasteiger partial charge in [0.25, 0.3) is 0 Å². The molecule has 3 heteroatoms. The van der Waals surface area contributed by atoms with Gasteiger partial charge in [-0.3, -0.25) is 0 Å². The van der Waals surface area contributed by atoms with E-state index in [1.165, 1.54) is 0 Å². The van der Waals surface area contributed by atoms with Gasteiger partial charge in [0.15, 0.2) is 0 Å². The Morgan fingerprint density at radius 2 is 1.40 bits per heavy atom. The highest BCUT2D eigenvalue weighted by Gasteiger charge is 1.83. The largest absolute Gasteiger partial charge is 0.396 e. The van der Waals surface area contributed by atoms with Gasteiger partial charge in [0, 0.05) is 19.6 Å². The summed E-state index contributed by atoms with van der Waals surface area (Å²) < 4.78 is 0. The number of Topliss-reactive ketones (excluding diaryl/α,β-unsaturated/α-hetero) is 1. The number of carbonyl (C=O) groups is 1. The molecule has 2 N–H and O–H groups in total. The maximum atomic E-state index is 10.0. The third-order valence-electron chi connectivity index (χ3n) is 1.34. The molecule has 94 valence electrons. The van der Waals surface area contributed by atoms with E-state index in [1.807, 2.05) is 13.8 Å². The number of ketones is 1. The molecule has 0 atom stereocenters. The predicted molar refractivity (Wildman–Crippen MR) is 65.0 cm³/mol. The summed E-state index contributed by atoms with van der Waals surface area (Å²) in [5.41, 5.74) is 0. The molecule has 3 nitrogen and oxygen atoms in total. The van der Waals surface area contributed by atoms with Crippen molar-refractivity contribution in [1.29, 1.82) is 0 Å². The van der Waals surface area contributed by atoms with E-state index >= 15 is 0 Å². The lowest BCUT2D eigenvalue weighted by Gasteiger charge is -1.80. The Morgan fingerprint density at radius 1 is 0.933 bits per heavy atom. The van der Waals surface area contributed by atoms with Gasteiger partial charge < -0.3 is 15.0 Å². The van der Waals surface area contributed by atoms with Crippen LogP contribution in [0.3, 0.4) is 0 Å². The summed E-state index contributed by atoms with van der Waals surface area (Å²) in [5, 5.41) is 15.9. The molecule has 0 aliphatic heterocycles. The van der Waals surface area contributed by atoms with Gasteiger partial charge in [-0.2, -0.15) is 0 Å². The standard InChI is InChI=1S/C5H10O.C4H10O.C3H8O/c1-3-4-5(2)6;1-2-3-4-5;1-2-3-4/h3-4H2,1-2H3;5H,2-4H2,1H3;4H,2-3H2,1H3. The Morgan fingerprint density at radius 3 is 1.40 bits per heavy atom. The highest BCUT2D eigenvalue weighted by molar-refractivity contribution is 5.75. The summed E-state index contributed by atoms with van der Waals surface area (Å²) in [4.78, 5) is 10.0. The van der Waals surface area contributed by atoms with Crippen molar-refractivity contribution in [3.63, 3.8) is 0 Å². The first-order valence-corrected chi connectivity index (χ1v) is 5.81. The second-order valence-corrected chi connectivity index (χ2v) is 3.25. The van der Waals surface area contributed by atoms with Crippen LogP contribution in [0.1, 0.15) is 59.8 Å². The Bertz CT molecular complexity index is 99.0. The van der Waals surface area contributed by atoms with Gasteiger partial charge in [-0.1, -0.05) is 27.2 Å². The zero-order valence-electron chi connectivity index (χ0n) is 10.8. The van der Waals surface area contributed by atoms with E-state index in [0.29, 0.717) is 13.2 Å². The summed E-state index contributed by atoms with van der Waals surface area (Å²) in [5.74, 6) is 0.289. The van der Waals surface area contributed by atoms with Crippen molar-refractivity contribution < 1.29 is 15.0 Å². The second-order valence-electron chi connectivity index (χ2n) is 3.25. The first-order chi connectivity index (χ1) is 7.10. The first-order valence-electron chi connectivity index (χ1n) is 5.81. The van der Waals surface area contributed by atoms with Crippen molar-refractivity contribution in [2.24, 2.45) is 0 Å². The van der Waals surface area contributed by atoms with Gasteiger partial charge in [-0.05, 0) is 26.2 Å². The highest BCUT2D eigenvalue weighted by atomic mass is 16.3. The fraction of sp³-hybridized carbons (Fsp3) is 0.917. The van der Waals surface area contributed by atoms with E-state index in [9.17, 15) is 4.79 Å². The number of hydrogen-bond donors (Lipinski definition) is 2. The summed E-state index contributed by atoms with van der Waals surface area (Å²) >= 11 is 0. The molecule has 0 spiro atoms. The number of carbonyl (C=O) groups excluding carboxylic acids is 1. The van der Waals surface area contributed by atoms with Crippen molar-refractivity contribution in [3.8, 4) is 0 Å². The van der Waals surface area contributed by atoms with Crippen LogP contribution >= 0.6 is 0 Å². The normalized spacial score (nSPS) is 8.13. The molecule has 0 saturated heterocycles. The zero-order chi connectivity index (χ0) is 12.5. The monoisotopic (exact) mass is 220 g/mol. The maximum Gasteiger partial charge on any atom is 0.129 e. The van der Waals surface area contributed by atoms with Gasteiger partial charge in [-0.25, -0.2) is 0 Å². The zero-order valence-corrected chi connectivity index (χ0v) is 10.8.